The Bertz CT molecular complexity index is 781. The SMILES string of the molecule is Cc1ccc(C(=O)N2CCC[C@H](c3nccn3CC3CC3)C2)cc1Cl. The zero-order chi connectivity index (χ0) is 17.4. The van der Waals surface area contributed by atoms with Crippen molar-refractivity contribution in [2.75, 3.05) is 13.1 Å². The first-order valence-electron chi connectivity index (χ1n) is 9.18. The first-order chi connectivity index (χ1) is 12.1. The molecule has 2 aliphatic rings. The molecule has 1 aliphatic carbocycles. The maximum absolute atomic E-state index is 12.9. The van der Waals surface area contributed by atoms with Gasteiger partial charge in [0, 0.05) is 48.5 Å². The second-order valence-corrected chi connectivity index (χ2v) is 7.84. The summed E-state index contributed by atoms with van der Waals surface area (Å²) in [4.78, 5) is 19.5. The van der Waals surface area contributed by atoms with Crippen LogP contribution in [0, 0.1) is 12.8 Å². The van der Waals surface area contributed by atoms with Gasteiger partial charge in [0.15, 0.2) is 0 Å². The zero-order valence-corrected chi connectivity index (χ0v) is 15.4. The number of nitrogens with zero attached hydrogens (tertiary/aromatic N) is 3. The molecule has 5 heteroatoms. The normalized spacial score (nSPS) is 20.7. The Hall–Kier alpha value is -1.81. The van der Waals surface area contributed by atoms with Crippen molar-refractivity contribution in [3.8, 4) is 0 Å². The monoisotopic (exact) mass is 357 g/mol. The van der Waals surface area contributed by atoms with Gasteiger partial charge in [-0.1, -0.05) is 17.7 Å². The van der Waals surface area contributed by atoms with E-state index < -0.39 is 0 Å². The molecule has 0 bridgehead atoms. The summed E-state index contributed by atoms with van der Waals surface area (Å²) in [6.45, 7) is 4.58. The largest absolute Gasteiger partial charge is 0.338 e. The van der Waals surface area contributed by atoms with E-state index in [-0.39, 0.29) is 5.91 Å². The van der Waals surface area contributed by atoms with Crippen molar-refractivity contribution < 1.29 is 4.79 Å². The lowest BCUT2D eigenvalue weighted by Gasteiger charge is -2.33. The molecule has 0 radical (unpaired) electrons. The predicted octanol–water partition coefficient (Wildman–Crippen LogP) is 4.27. The fourth-order valence-electron chi connectivity index (χ4n) is 3.69. The number of aromatic nitrogens is 2. The first-order valence-corrected chi connectivity index (χ1v) is 9.56. The molecule has 1 aromatic carbocycles. The van der Waals surface area contributed by atoms with E-state index in [9.17, 15) is 4.79 Å². The van der Waals surface area contributed by atoms with Gasteiger partial charge >= 0.3 is 0 Å². The number of hydrogen-bond acceptors (Lipinski definition) is 2. The zero-order valence-electron chi connectivity index (χ0n) is 14.6. The van der Waals surface area contributed by atoms with Crippen molar-refractivity contribution in [2.24, 2.45) is 5.92 Å². The number of carbonyl (C=O) groups excluding carboxylic acids is 1. The van der Waals surface area contributed by atoms with E-state index in [1.165, 1.54) is 12.8 Å². The van der Waals surface area contributed by atoms with Gasteiger partial charge in [0.1, 0.15) is 5.82 Å². The molecular formula is C20H24ClN3O. The van der Waals surface area contributed by atoms with E-state index in [4.69, 9.17) is 11.6 Å². The topological polar surface area (TPSA) is 38.1 Å². The van der Waals surface area contributed by atoms with E-state index in [0.29, 0.717) is 16.5 Å². The summed E-state index contributed by atoms with van der Waals surface area (Å²) in [5.41, 5.74) is 1.68. The van der Waals surface area contributed by atoms with Crippen LogP contribution in [0.4, 0.5) is 0 Å². The Kier molecular flexibility index (Phi) is 4.55. The average molecular weight is 358 g/mol. The number of hydrogen-bond donors (Lipinski definition) is 0. The number of benzene rings is 1. The lowest BCUT2D eigenvalue weighted by molar-refractivity contribution is 0.0703. The van der Waals surface area contributed by atoms with E-state index in [0.717, 1.165) is 49.8 Å². The van der Waals surface area contributed by atoms with Crippen LogP contribution in [-0.2, 0) is 6.54 Å². The number of rotatable bonds is 4. The summed E-state index contributed by atoms with van der Waals surface area (Å²) in [6.07, 6.45) is 8.78. The molecule has 0 spiro atoms. The molecule has 2 fully saturated rings. The summed E-state index contributed by atoms with van der Waals surface area (Å²) in [6, 6.07) is 5.58. The van der Waals surface area contributed by atoms with Crippen LogP contribution in [0.15, 0.2) is 30.6 Å². The van der Waals surface area contributed by atoms with Crippen LogP contribution in [0.1, 0.15) is 53.3 Å². The van der Waals surface area contributed by atoms with Crippen molar-refractivity contribution in [2.45, 2.75) is 45.1 Å². The van der Waals surface area contributed by atoms with Crippen LogP contribution >= 0.6 is 11.6 Å². The van der Waals surface area contributed by atoms with Gasteiger partial charge in [-0.15, -0.1) is 0 Å². The molecule has 1 amide bonds. The molecule has 0 N–H and O–H groups in total. The molecule has 1 aliphatic heterocycles. The summed E-state index contributed by atoms with van der Waals surface area (Å²) in [7, 11) is 0. The molecule has 1 saturated heterocycles. The average Bonchev–Trinajstić information content (AvgIpc) is 3.32. The van der Waals surface area contributed by atoms with Crippen LogP contribution in [-0.4, -0.2) is 33.4 Å². The summed E-state index contributed by atoms with van der Waals surface area (Å²) < 4.78 is 2.30. The van der Waals surface area contributed by atoms with Crippen molar-refractivity contribution in [3.63, 3.8) is 0 Å². The molecule has 25 heavy (non-hydrogen) atoms. The number of piperidine rings is 1. The third-order valence-electron chi connectivity index (χ3n) is 5.39. The molecule has 1 atom stereocenters. The smallest absolute Gasteiger partial charge is 0.253 e. The van der Waals surface area contributed by atoms with Crippen molar-refractivity contribution in [1.82, 2.24) is 14.5 Å². The Morgan fingerprint density at radius 2 is 2.16 bits per heavy atom. The van der Waals surface area contributed by atoms with Crippen molar-refractivity contribution in [1.29, 1.82) is 0 Å². The maximum Gasteiger partial charge on any atom is 0.253 e. The molecule has 2 heterocycles. The first kappa shape index (κ1) is 16.6. The minimum atomic E-state index is 0.0758. The molecule has 1 aromatic heterocycles. The van der Waals surface area contributed by atoms with Gasteiger partial charge in [-0.05, 0) is 56.2 Å². The van der Waals surface area contributed by atoms with Crippen molar-refractivity contribution >= 4 is 17.5 Å². The predicted molar refractivity (Wildman–Crippen MR) is 99.0 cm³/mol. The molecule has 4 nitrogen and oxygen atoms in total. The molecule has 2 aromatic rings. The molecule has 1 saturated carbocycles. The van der Waals surface area contributed by atoms with E-state index in [1.54, 1.807) is 6.07 Å². The highest BCUT2D eigenvalue weighted by molar-refractivity contribution is 6.31. The summed E-state index contributed by atoms with van der Waals surface area (Å²) in [5.74, 6) is 2.37. The lowest BCUT2D eigenvalue weighted by Crippen LogP contribution is -2.39. The molecule has 132 valence electrons. The minimum Gasteiger partial charge on any atom is -0.338 e. The van der Waals surface area contributed by atoms with Crippen LogP contribution in [0.3, 0.4) is 0 Å². The van der Waals surface area contributed by atoms with Crippen LogP contribution in [0.5, 0.6) is 0 Å². The van der Waals surface area contributed by atoms with Gasteiger partial charge < -0.3 is 9.47 Å². The third-order valence-corrected chi connectivity index (χ3v) is 5.80. The molecule has 0 unspecified atom stereocenters. The number of carbonyl (C=O) groups is 1. The van der Waals surface area contributed by atoms with Crippen LogP contribution in [0.2, 0.25) is 5.02 Å². The fourth-order valence-corrected chi connectivity index (χ4v) is 3.87. The fraction of sp³-hybridized carbons (Fsp3) is 0.500. The van der Waals surface area contributed by atoms with Gasteiger partial charge in [0.2, 0.25) is 0 Å². The highest BCUT2D eigenvalue weighted by atomic mass is 35.5. The number of aryl methyl sites for hydroxylation is 1. The van der Waals surface area contributed by atoms with Crippen LogP contribution < -0.4 is 0 Å². The third kappa shape index (κ3) is 3.59. The maximum atomic E-state index is 12.9. The Morgan fingerprint density at radius 3 is 2.92 bits per heavy atom. The number of amides is 1. The van der Waals surface area contributed by atoms with Gasteiger partial charge in [-0.25, -0.2) is 4.98 Å². The summed E-state index contributed by atoms with van der Waals surface area (Å²) >= 11 is 6.20. The highest BCUT2D eigenvalue weighted by Crippen LogP contribution is 2.33. The van der Waals surface area contributed by atoms with Gasteiger partial charge in [-0.3, -0.25) is 4.79 Å². The van der Waals surface area contributed by atoms with Gasteiger partial charge in [-0.2, -0.15) is 0 Å². The van der Waals surface area contributed by atoms with Crippen molar-refractivity contribution in [3.05, 3.63) is 52.6 Å². The second kappa shape index (κ2) is 6.83. The van der Waals surface area contributed by atoms with Gasteiger partial charge in [0.25, 0.3) is 5.91 Å². The van der Waals surface area contributed by atoms with E-state index in [2.05, 4.69) is 15.7 Å². The van der Waals surface area contributed by atoms with E-state index in [1.807, 2.05) is 30.2 Å². The Morgan fingerprint density at radius 1 is 1.32 bits per heavy atom. The Balaban J connectivity index is 1.49. The second-order valence-electron chi connectivity index (χ2n) is 7.44. The highest BCUT2D eigenvalue weighted by Gasteiger charge is 2.29. The lowest BCUT2D eigenvalue weighted by atomic mass is 9.96. The Labute approximate surface area is 153 Å². The van der Waals surface area contributed by atoms with Gasteiger partial charge in [0.05, 0.1) is 0 Å². The number of likely N-dealkylation sites (tertiary alicyclic amines) is 1. The van der Waals surface area contributed by atoms with Crippen LogP contribution in [0.25, 0.3) is 0 Å². The standard InChI is InChI=1S/C20H24ClN3O/c1-14-4-7-16(11-18(14)21)20(25)24-9-2-3-17(13-24)19-22-8-10-23(19)12-15-5-6-15/h4,7-8,10-11,15,17H,2-3,5-6,9,12-13H2,1H3/t17-/m0/s1. The minimum absolute atomic E-state index is 0.0758. The number of halogens is 1. The molecular weight excluding hydrogens is 334 g/mol. The quantitative estimate of drug-likeness (QED) is 0.819. The molecule has 4 rings (SSSR count). The number of imidazole rings is 1. The van der Waals surface area contributed by atoms with E-state index >= 15 is 0 Å². The summed E-state index contributed by atoms with van der Waals surface area (Å²) in [5, 5.41) is 0.652.